The summed E-state index contributed by atoms with van der Waals surface area (Å²) in [6, 6.07) is 22.0. The first kappa shape index (κ1) is 36.9. The van der Waals surface area contributed by atoms with Crippen molar-refractivity contribution in [2.24, 2.45) is 7.05 Å². The van der Waals surface area contributed by atoms with Gasteiger partial charge in [0.15, 0.2) is 5.65 Å². The Hall–Kier alpha value is -6.09. The van der Waals surface area contributed by atoms with Crippen LogP contribution in [-0.4, -0.2) is 98.7 Å². The van der Waals surface area contributed by atoms with E-state index in [4.69, 9.17) is 10.1 Å². The number of pyridine rings is 1. The molecule has 0 aliphatic carbocycles. The van der Waals surface area contributed by atoms with Crippen molar-refractivity contribution in [3.63, 3.8) is 0 Å². The van der Waals surface area contributed by atoms with Gasteiger partial charge in [0.2, 0.25) is 5.91 Å². The van der Waals surface area contributed by atoms with Crippen molar-refractivity contribution in [3.05, 3.63) is 101 Å². The SMILES string of the molecule is CNC(=O)CCC(C=O)n1c(=O)n(C)c2cc(NCCN3CCN(c4cccc(-c5cnc6ccc(N7CCCC7c7cccc(F)c7)nn56)n4)CC3)ccc21. The fourth-order valence-electron chi connectivity index (χ4n) is 8.05. The van der Waals surface area contributed by atoms with Gasteiger partial charge in [-0.3, -0.25) is 18.8 Å². The topological polar surface area (TPSA) is 138 Å². The molecule has 0 spiro atoms. The Bertz CT molecular complexity index is 2430. The quantitative estimate of drug-likeness (QED) is 0.163. The molecule has 15 heteroatoms. The van der Waals surface area contributed by atoms with Crippen LogP contribution in [0, 0.1) is 5.82 Å². The number of aromatic nitrogens is 6. The first-order chi connectivity index (χ1) is 27.3. The van der Waals surface area contributed by atoms with Crippen LogP contribution in [0.25, 0.3) is 28.1 Å². The standard InChI is InChI=1S/C41H46FN11O3/c1-43-40(55)16-12-31(27-54)52-34-13-11-30(25-35(34)48(2)41(52)56)44-17-19-49-20-22-50(23-21-49)38-10-4-8-32(46-38)36-26-45-37-14-15-39(47-53(36)37)51-18-5-9-33(51)28-6-3-7-29(42)24-28/h3-4,6-8,10-11,13-15,24-27,31,33,44H,5,9,12,16-23H2,1-2H3,(H,43,55). The van der Waals surface area contributed by atoms with Crippen molar-refractivity contribution in [1.82, 2.24) is 38.9 Å². The summed E-state index contributed by atoms with van der Waals surface area (Å²) in [6.07, 6.45) is 4.91. The number of fused-ring (bicyclic) bond motifs is 2. The smallest absolute Gasteiger partial charge is 0.329 e. The lowest BCUT2D eigenvalue weighted by molar-refractivity contribution is -0.121. The minimum atomic E-state index is -0.724. The molecule has 1 amide bonds. The van der Waals surface area contributed by atoms with E-state index in [0.29, 0.717) is 5.52 Å². The van der Waals surface area contributed by atoms with Crippen molar-refractivity contribution < 1.29 is 14.0 Å². The summed E-state index contributed by atoms with van der Waals surface area (Å²) in [5, 5.41) is 11.1. The van der Waals surface area contributed by atoms with Gasteiger partial charge in [-0.15, -0.1) is 5.10 Å². The Labute approximate surface area is 323 Å². The molecule has 6 heterocycles. The van der Waals surface area contributed by atoms with E-state index >= 15 is 0 Å². The van der Waals surface area contributed by atoms with Crippen LogP contribution < -0.4 is 26.1 Å². The molecule has 0 saturated carbocycles. The molecular weight excluding hydrogens is 714 g/mol. The Kier molecular flexibility index (Phi) is 10.5. The van der Waals surface area contributed by atoms with Crippen LogP contribution in [-0.2, 0) is 16.6 Å². The summed E-state index contributed by atoms with van der Waals surface area (Å²) in [7, 11) is 3.25. The third-order valence-corrected chi connectivity index (χ3v) is 11.1. The molecule has 2 aliphatic heterocycles. The maximum absolute atomic E-state index is 14.1. The molecule has 2 unspecified atom stereocenters. The largest absolute Gasteiger partial charge is 0.384 e. The second-order valence-electron chi connectivity index (χ2n) is 14.5. The third-order valence-electron chi connectivity index (χ3n) is 11.1. The number of halogens is 1. The van der Waals surface area contributed by atoms with Gasteiger partial charge in [0, 0.05) is 72.0 Å². The molecule has 2 atom stereocenters. The average Bonchev–Trinajstić information content (AvgIpc) is 3.95. The first-order valence-corrected chi connectivity index (χ1v) is 19.2. The second kappa shape index (κ2) is 15.9. The molecule has 0 bridgehead atoms. The van der Waals surface area contributed by atoms with E-state index in [0.717, 1.165) is 110 Å². The van der Waals surface area contributed by atoms with E-state index in [1.807, 2.05) is 65.3 Å². The normalized spacial score (nSPS) is 16.8. The van der Waals surface area contributed by atoms with Crippen molar-refractivity contribution in [1.29, 1.82) is 0 Å². The molecule has 290 valence electrons. The Morgan fingerprint density at radius 3 is 2.62 bits per heavy atom. The number of carbonyl (C=O) groups is 2. The van der Waals surface area contributed by atoms with Gasteiger partial charge >= 0.3 is 5.69 Å². The molecule has 6 aromatic rings. The number of amides is 1. The highest BCUT2D eigenvalue weighted by atomic mass is 19.1. The van der Waals surface area contributed by atoms with Gasteiger partial charge in [-0.05, 0) is 79.4 Å². The molecule has 0 radical (unpaired) electrons. The lowest BCUT2D eigenvalue weighted by Crippen LogP contribution is -2.47. The predicted octanol–water partition coefficient (Wildman–Crippen LogP) is 4.43. The van der Waals surface area contributed by atoms with Crippen LogP contribution in [0.3, 0.4) is 0 Å². The number of nitrogens with zero attached hydrogens (tertiary/aromatic N) is 9. The van der Waals surface area contributed by atoms with Crippen LogP contribution in [0.5, 0.6) is 0 Å². The molecule has 2 fully saturated rings. The van der Waals surface area contributed by atoms with Gasteiger partial charge in [-0.2, -0.15) is 0 Å². The number of hydrogen-bond donors (Lipinski definition) is 2. The first-order valence-electron chi connectivity index (χ1n) is 19.2. The van der Waals surface area contributed by atoms with Crippen LogP contribution in [0.4, 0.5) is 21.7 Å². The number of benzene rings is 2. The summed E-state index contributed by atoms with van der Waals surface area (Å²) >= 11 is 0. The van der Waals surface area contributed by atoms with Gasteiger partial charge in [0.1, 0.15) is 29.4 Å². The Balaban J connectivity index is 0.888. The molecule has 2 saturated heterocycles. The number of aryl methyl sites for hydroxylation is 1. The van der Waals surface area contributed by atoms with Crippen LogP contribution in [0.15, 0.2) is 83.8 Å². The number of anilines is 3. The van der Waals surface area contributed by atoms with Crippen molar-refractivity contribution in [2.75, 3.05) is 68.0 Å². The summed E-state index contributed by atoms with van der Waals surface area (Å²) in [5.74, 6) is 1.34. The van der Waals surface area contributed by atoms with Gasteiger partial charge in [0.25, 0.3) is 0 Å². The summed E-state index contributed by atoms with van der Waals surface area (Å²) in [5.41, 5.74) is 5.29. The molecular formula is C41H46FN11O3. The summed E-state index contributed by atoms with van der Waals surface area (Å²) in [4.78, 5) is 53.5. The lowest BCUT2D eigenvalue weighted by Gasteiger charge is -2.35. The number of imidazole rings is 2. The van der Waals surface area contributed by atoms with E-state index in [9.17, 15) is 18.8 Å². The molecule has 56 heavy (non-hydrogen) atoms. The van der Waals surface area contributed by atoms with E-state index in [2.05, 4.69) is 30.3 Å². The average molecular weight is 760 g/mol. The van der Waals surface area contributed by atoms with E-state index in [1.54, 1.807) is 30.8 Å². The highest BCUT2D eigenvalue weighted by molar-refractivity contribution is 5.82. The second-order valence-corrected chi connectivity index (χ2v) is 14.5. The van der Waals surface area contributed by atoms with Crippen molar-refractivity contribution >= 4 is 46.2 Å². The van der Waals surface area contributed by atoms with Crippen LogP contribution in [0.1, 0.15) is 43.3 Å². The zero-order valence-electron chi connectivity index (χ0n) is 31.6. The van der Waals surface area contributed by atoms with E-state index < -0.39 is 6.04 Å². The highest BCUT2D eigenvalue weighted by Gasteiger charge is 2.28. The zero-order valence-corrected chi connectivity index (χ0v) is 31.6. The molecule has 2 aromatic carbocycles. The van der Waals surface area contributed by atoms with Gasteiger partial charge in [0.05, 0.1) is 35.0 Å². The number of nitrogens with one attached hydrogen (secondary N) is 2. The third kappa shape index (κ3) is 7.33. The van der Waals surface area contributed by atoms with Gasteiger partial charge < -0.3 is 25.2 Å². The minimum absolute atomic E-state index is 0.0649. The maximum atomic E-state index is 14.1. The zero-order chi connectivity index (χ0) is 38.8. The molecule has 2 N–H and O–H groups in total. The molecule has 2 aliphatic rings. The highest BCUT2D eigenvalue weighted by Crippen LogP contribution is 2.36. The molecule has 8 rings (SSSR count). The van der Waals surface area contributed by atoms with Crippen LogP contribution in [0.2, 0.25) is 0 Å². The van der Waals surface area contributed by atoms with Gasteiger partial charge in [-0.1, -0.05) is 18.2 Å². The molecule has 14 nitrogen and oxygen atoms in total. The van der Waals surface area contributed by atoms with E-state index in [1.165, 1.54) is 10.6 Å². The van der Waals surface area contributed by atoms with Crippen molar-refractivity contribution in [2.45, 2.75) is 37.8 Å². The predicted molar refractivity (Wildman–Crippen MR) is 215 cm³/mol. The number of rotatable bonds is 13. The van der Waals surface area contributed by atoms with Crippen LogP contribution >= 0.6 is 0 Å². The number of hydrogen-bond acceptors (Lipinski definition) is 10. The maximum Gasteiger partial charge on any atom is 0.329 e. The Morgan fingerprint density at radius 2 is 1.82 bits per heavy atom. The monoisotopic (exact) mass is 759 g/mol. The molecule has 4 aromatic heterocycles. The summed E-state index contributed by atoms with van der Waals surface area (Å²) < 4.78 is 19.0. The Morgan fingerprint density at radius 1 is 0.982 bits per heavy atom. The number of carbonyl (C=O) groups excluding carboxylic acids is 2. The van der Waals surface area contributed by atoms with E-state index in [-0.39, 0.29) is 36.3 Å². The lowest BCUT2D eigenvalue weighted by atomic mass is 10.0. The number of aldehydes is 1. The summed E-state index contributed by atoms with van der Waals surface area (Å²) in [6.45, 7) is 5.86. The van der Waals surface area contributed by atoms with Gasteiger partial charge in [-0.25, -0.2) is 23.7 Å². The van der Waals surface area contributed by atoms with Crippen molar-refractivity contribution in [3.8, 4) is 11.4 Å². The number of piperazine rings is 1. The fraction of sp³-hybridized carbons (Fsp3) is 0.366. The minimum Gasteiger partial charge on any atom is -0.384 e. The fourth-order valence-corrected chi connectivity index (χ4v) is 8.05.